The minimum absolute atomic E-state index is 0.102. The Labute approximate surface area is 125 Å². The zero-order valence-electron chi connectivity index (χ0n) is 10.7. The van der Waals surface area contributed by atoms with E-state index < -0.39 is 0 Å². The van der Waals surface area contributed by atoms with Gasteiger partial charge in [0.05, 0.1) is 12.6 Å². The lowest BCUT2D eigenvalue weighted by molar-refractivity contribution is 0.340. The van der Waals surface area contributed by atoms with E-state index in [9.17, 15) is 0 Å². The summed E-state index contributed by atoms with van der Waals surface area (Å²) in [5, 5.41) is 2.07. The quantitative estimate of drug-likeness (QED) is 0.623. The summed E-state index contributed by atoms with van der Waals surface area (Å²) < 4.78 is 6.58. The summed E-state index contributed by atoms with van der Waals surface area (Å²) in [6.07, 6.45) is 0.864. The van der Waals surface area contributed by atoms with Gasteiger partial charge < -0.3 is 4.74 Å². The van der Waals surface area contributed by atoms with Crippen molar-refractivity contribution in [1.82, 2.24) is 5.43 Å². The van der Waals surface area contributed by atoms with Crippen LogP contribution in [-0.2, 0) is 6.42 Å². The van der Waals surface area contributed by atoms with Gasteiger partial charge in [-0.25, -0.2) is 0 Å². The fraction of sp³-hybridized carbons (Fsp3) is 0.286. The third-order valence-electron chi connectivity index (χ3n) is 2.88. The Hall–Kier alpha value is -0.880. The summed E-state index contributed by atoms with van der Waals surface area (Å²) >= 11 is 5.28. The zero-order chi connectivity index (χ0) is 13.7. The highest BCUT2D eigenvalue weighted by Crippen LogP contribution is 2.28. The normalized spacial score (nSPS) is 12.4. The molecule has 0 radical (unpaired) electrons. The first-order valence-electron chi connectivity index (χ1n) is 6.15. The molecule has 1 unspecified atom stereocenters. The first-order chi connectivity index (χ1) is 9.24. The van der Waals surface area contributed by atoms with Crippen molar-refractivity contribution in [2.75, 3.05) is 6.61 Å². The molecule has 2 rings (SSSR count). The van der Waals surface area contributed by atoms with Gasteiger partial charge in [0.2, 0.25) is 0 Å². The molecule has 1 aromatic carbocycles. The van der Waals surface area contributed by atoms with Crippen LogP contribution < -0.4 is 16.0 Å². The molecule has 0 spiro atoms. The smallest absolute Gasteiger partial charge is 0.119 e. The van der Waals surface area contributed by atoms with Crippen LogP contribution in [0, 0.1) is 0 Å². The summed E-state index contributed by atoms with van der Waals surface area (Å²) in [7, 11) is 0. The molecule has 2 aromatic rings. The molecular weight excluding hydrogens is 324 g/mol. The lowest BCUT2D eigenvalue weighted by Crippen LogP contribution is -2.29. The predicted molar refractivity (Wildman–Crippen MR) is 83.4 cm³/mol. The first-order valence-corrected chi connectivity index (χ1v) is 7.82. The molecule has 0 bridgehead atoms. The van der Waals surface area contributed by atoms with Crippen LogP contribution >= 0.6 is 27.3 Å². The van der Waals surface area contributed by atoms with Crippen molar-refractivity contribution in [2.24, 2.45) is 5.84 Å². The van der Waals surface area contributed by atoms with Crippen LogP contribution in [0.25, 0.3) is 0 Å². The van der Waals surface area contributed by atoms with E-state index in [0.717, 1.165) is 22.2 Å². The third-order valence-corrected chi connectivity index (χ3v) is 4.82. The van der Waals surface area contributed by atoms with Gasteiger partial charge in [0.1, 0.15) is 5.75 Å². The van der Waals surface area contributed by atoms with Gasteiger partial charge in [-0.2, -0.15) is 0 Å². The molecule has 3 N–H and O–H groups in total. The van der Waals surface area contributed by atoms with Crippen LogP contribution in [0.1, 0.15) is 23.4 Å². The molecule has 1 aromatic heterocycles. The molecule has 102 valence electrons. The molecule has 0 amide bonds. The number of hydrogen-bond donors (Lipinski definition) is 2. The maximum atomic E-state index is 5.68. The first kappa shape index (κ1) is 14.5. The van der Waals surface area contributed by atoms with Gasteiger partial charge in [-0.15, -0.1) is 11.3 Å². The second kappa shape index (κ2) is 7.05. The Kier molecular flexibility index (Phi) is 5.39. The van der Waals surface area contributed by atoms with Gasteiger partial charge in [0, 0.05) is 15.8 Å². The van der Waals surface area contributed by atoms with Crippen molar-refractivity contribution >= 4 is 27.3 Å². The highest BCUT2D eigenvalue weighted by molar-refractivity contribution is 9.10. The molecule has 0 saturated heterocycles. The number of hydrogen-bond acceptors (Lipinski definition) is 4. The summed E-state index contributed by atoms with van der Waals surface area (Å²) in [5.41, 5.74) is 4.04. The van der Waals surface area contributed by atoms with E-state index in [2.05, 4.69) is 44.9 Å². The molecule has 0 aliphatic rings. The Morgan fingerprint density at radius 2 is 2.05 bits per heavy atom. The predicted octanol–water partition coefficient (Wildman–Crippen LogP) is 3.66. The Bertz CT molecular complexity index is 512. The van der Waals surface area contributed by atoms with Crippen LogP contribution in [0.3, 0.4) is 0 Å². The van der Waals surface area contributed by atoms with Crippen LogP contribution in [0.4, 0.5) is 0 Å². The second-order valence-electron chi connectivity index (χ2n) is 4.12. The van der Waals surface area contributed by atoms with E-state index in [-0.39, 0.29) is 6.04 Å². The molecule has 5 heteroatoms. The van der Waals surface area contributed by atoms with Gasteiger partial charge in [-0.3, -0.25) is 11.3 Å². The fourth-order valence-electron chi connectivity index (χ4n) is 1.89. The van der Waals surface area contributed by atoms with Gasteiger partial charge in [-0.05, 0) is 52.0 Å². The van der Waals surface area contributed by atoms with Crippen LogP contribution in [-0.4, -0.2) is 6.61 Å². The fourth-order valence-corrected chi connectivity index (χ4v) is 3.45. The maximum absolute atomic E-state index is 5.68. The summed E-state index contributed by atoms with van der Waals surface area (Å²) in [4.78, 5) is 1.29. The van der Waals surface area contributed by atoms with Crippen LogP contribution in [0.5, 0.6) is 5.75 Å². The van der Waals surface area contributed by atoms with Gasteiger partial charge in [-0.1, -0.05) is 12.1 Å². The maximum Gasteiger partial charge on any atom is 0.119 e. The van der Waals surface area contributed by atoms with E-state index in [1.807, 2.05) is 19.1 Å². The van der Waals surface area contributed by atoms with E-state index in [4.69, 9.17) is 10.6 Å². The number of nitrogens with one attached hydrogen (secondary N) is 1. The Morgan fingerprint density at radius 3 is 2.58 bits per heavy atom. The van der Waals surface area contributed by atoms with Crippen molar-refractivity contribution in [3.05, 3.63) is 50.6 Å². The third kappa shape index (κ3) is 3.79. The molecule has 1 heterocycles. The lowest BCUT2D eigenvalue weighted by Gasteiger charge is -2.16. The average molecular weight is 341 g/mol. The van der Waals surface area contributed by atoms with Crippen molar-refractivity contribution in [3.63, 3.8) is 0 Å². The standard InChI is InChI=1S/C14H17BrN2OS/c1-2-18-11-5-3-10(4-6-11)13(17-16)9-14-12(15)7-8-19-14/h3-8,13,17H,2,9,16H2,1H3. The Balaban J connectivity index is 2.11. The zero-order valence-corrected chi connectivity index (χ0v) is 13.1. The van der Waals surface area contributed by atoms with Gasteiger partial charge in [0.15, 0.2) is 0 Å². The molecule has 0 fully saturated rings. The number of rotatable bonds is 6. The molecule has 1 atom stereocenters. The van der Waals surface area contributed by atoms with Gasteiger partial charge >= 0.3 is 0 Å². The monoisotopic (exact) mass is 340 g/mol. The second-order valence-corrected chi connectivity index (χ2v) is 5.97. The van der Waals surface area contributed by atoms with E-state index >= 15 is 0 Å². The van der Waals surface area contributed by atoms with Crippen molar-refractivity contribution in [2.45, 2.75) is 19.4 Å². The summed E-state index contributed by atoms with van der Waals surface area (Å²) in [6.45, 7) is 2.66. The molecule has 19 heavy (non-hydrogen) atoms. The SMILES string of the molecule is CCOc1ccc(C(Cc2sccc2Br)NN)cc1. The number of ether oxygens (including phenoxy) is 1. The largest absolute Gasteiger partial charge is 0.494 e. The highest BCUT2D eigenvalue weighted by Gasteiger charge is 2.13. The number of thiophene rings is 1. The molecule has 0 aliphatic carbocycles. The van der Waals surface area contributed by atoms with Gasteiger partial charge in [0.25, 0.3) is 0 Å². The van der Waals surface area contributed by atoms with Crippen molar-refractivity contribution in [1.29, 1.82) is 0 Å². The molecular formula is C14H17BrN2OS. The minimum Gasteiger partial charge on any atom is -0.494 e. The molecule has 0 aliphatic heterocycles. The number of benzene rings is 1. The van der Waals surface area contributed by atoms with Crippen molar-refractivity contribution in [3.8, 4) is 5.75 Å². The van der Waals surface area contributed by atoms with E-state index in [0.29, 0.717) is 6.61 Å². The Morgan fingerprint density at radius 1 is 1.32 bits per heavy atom. The van der Waals surface area contributed by atoms with E-state index in [1.54, 1.807) is 11.3 Å². The summed E-state index contributed by atoms with van der Waals surface area (Å²) in [6, 6.07) is 10.2. The van der Waals surface area contributed by atoms with E-state index in [1.165, 1.54) is 4.88 Å². The van der Waals surface area contributed by atoms with Crippen molar-refractivity contribution < 1.29 is 4.74 Å². The highest BCUT2D eigenvalue weighted by atomic mass is 79.9. The number of halogens is 1. The molecule has 3 nitrogen and oxygen atoms in total. The summed E-state index contributed by atoms with van der Waals surface area (Å²) in [5.74, 6) is 6.56. The topological polar surface area (TPSA) is 47.3 Å². The lowest BCUT2D eigenvalue weighted by atomic mass is 10.0. The molecule has 0 saturated carbocycles. The van der Waals surface area contributed by atoms with Crippen LogP contribution in [0.2, 0.25) is 0 Å². The average Bonchev–Trinajstić information content (AvgIpc) is 2.83. The van der Waals surface area contributed by atoms with Crippen LogP contribution in [0.15, 0.2) is 40.2 Å². The number of nitrogens with two attached hydrogens (primary N) is 1. The number of hydrazine groups is 1. The minimum atomic E-state index is 0.102.